The van der Waals surface area contributed by atoms with Gasteiger partial charge in [0, 0.05) is 20.1 Å². The van der Waals surface area contributed by atoms with Gasteiger partial charge in [-0.3, -0.25) is 0 Å². The molecule has 20 heavy (non-hydrogen) atoms. The van der Waals surface area contributed by atoms with Crippen LogP contribution in [-0.4, -0.2) is 36.2 Å². The van der Waals surface area contributed by atoms with Crippen LogP contribution in [0.25, 0.3) is 0 Å². The highest BCUT2D eigenvalue weighted by Crippen LogP contribution is 2.25. The first-order valence-corrected chi connectivity index (χ1v) is 6.96. The molecule has 0 atom stereocenters. The molecule has 0 aromatic heterocycles. The molecule has 2 amide bonds. The van der Waals surface area contributed by atoms with Crippen LogP contribution in [0, 0.1) is 34.6 Å². The van der Waals surface area contributed by atoms with Crippen molar-refractivity contribution in [1.29, 1.82) is 0 Å². The van der Waals surface area contributed by atoms with Gasteiger partial charge in [-0.25, -0.2) is 4.79 Å². The largest absolute Gasteiger partial charge is 0.395 e. The van der Waals surface area contributed by atoms with Crippen molar-refractivity contribution in [3.63, 3.8) is 0 Å². The Kier molecular flexibility index (Phi) is 5.57. The van der Waals surface area contributed by atoms with Crippen molar-refractivity contribution < 1.29 is 9.90 Å². The van der Waals surface area contributed by atoms with E-state index in [2.05, 4.69) is 39.9 Å². The lowest BCUT2D eigenvalue weighted by Crippen LogP contribution is -2.38. The molecule has 2 N–H and O–H groups in total. The number of carbonyl (C=O) groups is 1. The number of benzene rings is 1. The molecule has 1 aromatic carbocycles. The van der Waals surface area contributed by atoms with Gasteiger partial charge in [-0.15, -0.1) is 0 Å². The summed E-state index contributed by atoms with van der Waals surface area (Å²) >= 11 is 0. The van der Waals surface area contributed by atoms with E-state index in [9.17, 15) is 4.79 Å². The van der Waals surface area contributed by atoms with Crippen molar-refractivity contribution in [2.45, 2.75) is 41.2 Å². The van der Waals surface area contributed by atoms with E-state index in [0.29, 0.717) is 13.1 Å². The van der Waals surface area contributed by atoms with E-state index >= 15 is 0 Å². The van der Waals surface area contributed by atoms with Crippen molar-refractivity contribution in [2.24, 2.45) is 0 Å². The summed E-state index contributed by atoms with van der Waals surface area (Å²) in [7, 11) is 1.68. The Bertz CT molecular complexity index is 481. The lowest BCUT2D eigenvalue weighted by Gasteiger charge is -2.21. The first-order valence-electron chi connectivity index (χ1n) is 6.96. The first kappa shape index (κ1) is 16.5. The van der Waals surface area contributed by atoms with Crippen LogP contribution < -0.4 is 5.32 Å². The third kappa shape index (κ3) is 3.31. The van der Waals surface area contributed by atoms with Crippen molar-refractivity contribution in [2.75, 3.05) is 20.2 Å². The number of urea groups is 1. The summed E-state index contributed by atoms with van der Waals surface area (Å²) in [5.74, 6) is 0. The van der Waals surface area contributed by atoms with Crippen LogP contribution in [0.3, 0.4) is 0 Å². The molecule has 0 spiro atoms. The summed E-state index contributed by atoms with van der Waals surface area (Å²) in [6.07, 6.45) is 0. The molecule has 4 heteroatoms. The smallest absolute Gasteiger partial charge is 0.317 e. The van der Waals surface area contributed by atoms with Crippen LogP contribution in [-0.2, 0) is 6.54 Å². The molecule has 112 valence electrons. The van der Waals surface area contributed by atoms with Gasteiger partial charge in [0.25, 0.3) is 0 Å². The average Bonchev–Trinajstić information content (AvgIpc) is 2.43. The highest BCUT2D eigenvalue weighted by molar-refractivity contribution is 5.74. The molecule has 0 fully saturated rings. The van der Waals surface area contributed by atoms with Crippen molar-refractivity contribution in [1.82, 2.24) is 10.2 Å². The molecular formula is C16H26N2O2. The third-order valence-electron chi connectivity index (χ3n) is 4.35. The predicted molar refractivity (Wildman–Crippen MR) is 82.1 cm³/mol. The van der Waals surface area contributed by atoms with Gasteiger partial charge in [0.15, 0.2) is 0 Å². The molecule has 0 aliphatic heterocycles. The SMILES string of the molecule is Cc1c(C)c(C)c(CNC(=O)N(C)CCO)c(C)c1C. The van der Waals surface area contributed by atoms with Crippen molar-refractivity contribution in [3.05, 3.63) is 33.4 Å². The Balaban J connectivity index is 2.92. The Morgan fingerprint density at radius 3 is 1.90 bits per heavy atom. The van der Waals surface area contributed by atoms with Gasteiger partial charge in [-0.05, 0) is 68.0 Å². The van der Waals surface area contributed by atoms with E-state index in [1.807, 2.05) is 0 Å². The van der Waals surface area contributed by atoms with Gasteiger partial charge < -0.3 is 15.3 Å². The zero-order valence-corrected chi connectivity index (χ0v) is 13.4. The van der Waals surface area contributed by atoms with Gasteiger partial charge in [-0.2, -0.15) is 0 Å². The summed E-state index contributed by atoms with van der Waals surface area (Å²) in [5.41, 5.74) is 7.59. The van der Waals surface area contributed by atoms with Crippen LogP contribution in [0.2, 0.25) is 0 Å². The fourth-order valence-electron chi connectivity index (χ4n) is 2.39. The highest BCUT2D eigenvalue weighted by Gasteiger charge is 2.14. The second-order valence-corrected chi connectivity index (χ2v) is 5.41. The van der Waals surface area contributed by atoms with Crippen LogP contribution in [0.1, 0.15) is 33.4 Å². The maximum absolute atomic E-state index is 11.9. The fourth-order valence-corrected chi connectivity index (χ4v) is 2.39. The topological polar surface area (TPSA) is 52.6 Å². The van der Waals surface area contributed by atoms with E-state index in [0.717, 1.165) is 0 Å². The lowest BCUT2D eigenvalue weighted by molar-refractivity contribution is 0.190. The van der Waals surface area contributed by atoms with E-state index in [1.54, 1.807) is 7.05 Å². The molecule has 0 heterocycles. The van der Waals surface area contributed by atoms with E-state index in [1.165, 1.54) is 38.3 Å². The van der Waals surface area contributed by atoms with Crippen LogP contribution in [0.5, 0.6) is 0 Å². The number of likely N-dealkylation sites (N-methyl/N-ethyl adjacent to an activating group) is 1. The molecule has 0 unspecified atom stereocenters. The van der Waals surface area contributed by atoms with Crippen molar-refractivity contribution in [3.8, 4) is 0 Å². The second-order valence-electron chi connectivity index (χ2n) is 5.41. The predicted octanol–water partition coefficient (Wildman–Crippen LogP) is 2.36. The normalized spacial score (nSPS) is 10.6. The van der Waals surface area contributed by atoms with E-state index < -0.39 is 0 Å². The van der Waals surface area contributed by atoms with Gasteiger partial charge in [0.05, 0.1) is 6.61 Å². The fraction of sp³-hybridized carbons (Fsp3) is 0.562. The second kappa shape index (κ2) is 6.75. The number of hydrogen-bond donors (Lipinski definition) is 2. The van der Waals surface area contributed by atoms with E-state index in [4.69, 9.17) is 5.11 Å². The number of rotatable bonds is 4. The minimum Gasteiger partial charge on any atom is -0.395 e. The molecule has 0 saturated carbocycles. The summed E-state index contributed by atoms with van der Waals surface area (Å²) in [6, 6.07) is -0.159. The van der Waals surface area contributed by atoms with Crippen molar-refractivity contribution >= 4 is 6.03 Å². The Morgan fingerprint density at radius 1 is 1.00 bits per heavy atom. The average molecular weight is 278 g/mol. The lowest BCUT2D eigenvalue weighted by atomic mass is 9.89. The Morgan fingerprint density at radius 2 is 1.45 bits per heavy atom. The molecular weight excluding hydrogens is 252 g/mol. The standard InChI is InChI=1S/C16H26N2O2/c1-10-11(2)13(4)15(14(5)12(10)3)9-17-16(20)18(6)7-8-19/h19H,7-9H2,1-6H3,(H,17,20). The highest BCUT2D eigenvalue weighted by atomic mass is 16.3. The number of aliphatic hydroxyl groups is 1. The molecule has 0 bridgehead atoms. The molecule has 0 aliphatic rings. The molecule has 0 radical (unpaired) electrons. The number of carbonyl (C=O) groups excluding carboxylic acids is 1. The van der Waals surface area contributed by atoms with Gasteiger partial charge in [-0.1, -0.05) is 0 Å². The third-order valence-corrected chi connectivity index (χ3v) is 4.35. The van der Waals surface area contributed by atoms with Crippen LogP contribution >= 0.6 is 0 Å². The quantitative estimate of drug-likeness (QED) is 0.888. The number of hydrogen-bond acceptors (Lipinski definition) is 2. The first-order chi connectivity index (χ1) is 9.31. The van der Waals surface area contributed by atoms with E-state index in [-0.39, 0.29) is 12.6 Å². The zero-order valence-electron chi connectivity index (χ0n) is 13.4. The Hall–Kier alpha value is -1.55. The van der Waals surface area contributed by atoms with Gasteiger partial charge in [0.1, 0.15) is 0 Å². The van der Waals surface area contributed by atoms with Gasteiger partial charge in [0.2, 0.25) is 0 Å². The minimum atomic E-state index is -0.159. The maximum Gasteiger partial charge on any atom is 0.317 e. The maximum atomic E-state index is 11.9. The molecule has 0 aliphatic carbocycles. The number of aliphatic hydroxyl groups excluding tert-OH is 1. The molecule has 4 nitrogen and oxygen atoms in total. The number of amides is 2. The zero-order chi connectivity index (χ0) is 15.4. The molecule has 1 rings (SSSR count). The summed E-state index contributed by atoms with van der Waals surface area (Å²) < 4.78 is 0. The Labute approximate surface area is 121 Å². The van der Waals surface area contributed by atoms with Crippen LogP contribution in [0.4, 0.5) is 4.79 Å². The monoisotopic (exact) mass is 278 g/mol. The number of nitrogens with zero attached hydrogens (tertiary/aromatic N) is 1. The number of nitrogens with one attached hydrogen (secondary N) is 1. The molecule has 1 aromatic rings. The summed E-state index contributed by atoms with van der Waals surface area (Å²) in [4.78, 5) is 13.4. The summed E-state index contributed by atoms with van der Waals surface area (Å²) in [5, 5.41) is 11.8. The molecule has 0 saturated heterocycles. The minimum absolute atomic E-state index is 0.0231. The van der Waals surface area contributed by atoms with Gasteiger partial charge >= 0.3 is 6.03 Å². The summed E-state index contributed by atoms with van der Waals surface area (Å²) in [6.45, 7) is 11.4. The van der Waals surface area contributed by atoms with Crippen LogP contribution in [0.15, 0.2) is 0 Å².